The molecule has 0 spiro atoms. The summed E-state index contributed by atoms with van der Waals surface area (Å²) < 4.78 is 11.1. The van der Waals surface area contributed by atoms with E-state index >= 15 is 0 Å². The van der Waals surface area contributed by atoms with Gasteiger partial charge in [0.15, 0.2) is 8.32 Å². The number of rotatable bonds is 9. The molecule has 0 saturated carbocycles. The lowest BCUT2D eigenvalue weighted by atomic mass is 10.2. The van der Waals surface area contributed by atoms with E-state index in [0.29, 0.717) is 13.0 Å². The zero-order chi connectivity index (χ0) is 17.9. The summed E-state index contributed by atoms with van der Waals surface area (Å²) in [7, 11) is -1.91. The van der Waals surface area contributed by atoms with E-state index in [-0.39, 0.29) is 17.1 Å². The molecule has 0 aliphatic rings. The van der Waals surface area contributed by atoms with Crippen LogP contribution in [0.4, 0.5) is 0 Å². The second-order valence-corrected chi connectivity index (χ2v) is 11.5. The molecule has 130 valence electrons. The van der Waals surface area contributed by atoms with Gasteiger partial charge in [0.1, 0.15) is 6.29 Å². The number of carbonyl (C=O) groups is 2. The molecule has 4 nitrogen and oxygen atoms in total. The van der Waals surface area contributed by atoms with Crippen molar-refractivity contribution in [3.8, 4) is 0 Å². The number of allylic oxidation sites excluding steroid dienone is 3. The summed E-state index contributed by atoms with van der Waals surface area (Å²) >= 11 is 0. The first-order valence-electron chi connectivity index (χ1n) is 7.93. The summed E-state index contributed by atoms with van der Waals surface area (Å²) in [6, 6.07) is 0. The van der Waals surface area contributed by atoms with Crippen LogP contribution in [-0.4, -0.2) is 33.3 Å². The Hall–Kier alpha value is -1.46. The molecule has 0 radical (unpaired) electrons. The largest absolute Gasteiger partial charge is 0.463 e. The van der Waals surface area contributed by atoms with Gasteiger partial charge in [0.25, 0.3) is 0 Å². The van der Waals surface area contributed by atoms with Crippen LogP contribution in [0.25, 0.3) is 0 Å². The van der Waals surface area contributed by atoms with Crippen molar-refractivity contribution in [1.82, 2.24) is 0 Å². The lowest BCUT2D eigenvalue weighted by Gasteiger charge is -2.38. The van der Waals surface area contributed by atoms with Crippen LogP contribution in [-0.2, 0) is 18.8 Å². The Bertz CT molecular complexity index is 456. The molecule has 0 amide bonds. The van der Waals surface area contributed by atoms with Gasteiger partial charge in [-0.05, 0) is 37.6 Å². The Kier molecular flexibility index (Phi) is 9.68. The van der Waals surface area contributed by atoms with Gasteiger partial charge < -0.3 is 9.16 Å². The molecule has 0 aromatic heterocycles. The number of hydrogen-bond donors (Lipinski definition) is 0. The van der Waals surface area contributed by atoms with Crippen molar-refractivity contribution in [3.63, 3.8) is 0 Å². The van der Waals surface area contributed by atoms with Crippen molar-refractivity contribution >= 4 is 20.6 Å². The maximum Gasteiger partial charge on any atom is 0.330 e. The molecule has 0 N–H and O–H groups in total. The summed E-state index contributed by atoms with van der Waals surface area (Å²) in [5.74, 6) is -0.355. The van der Waals surface area contributed by atoms with Gasteiger partial charge >= 0.3 is 5.97 Å². The molecule has 0 saturated heterocycles. The van der Waals surface area contributed by atoms with E-state index in [1.807, 2.05) is 6.08 Å². The SMILES string of the molecule is CCOC(=O)/C=C\C=C\C[C@@H](/C=C/C=O)O[Si](C)(C)C(C)(C)C. The minimum atomic E-state index is -1.91. The van der Waals surface area contributed by atoms with Crippen LogP contribution in [0.3, 0.4) is 0 Å². The van der Waals surface area contributed by atoms with Crippen molar-refractivity contribution in [2.75, 3.05) is 6.61 Å². The highest BCUT2D eigenvalue weighted by Crippen LogP contribution is 2.37. The van der Waals surface area contributed by atoms with Crippen LogP contribution in [0.1, 0.15) is 34.1 Å². The third-order valence-electron chi connectivity index (χ3n) is 3.79. The lowest BCUT2D eigenvalue weighted by molar-refractivity contribution is -0.137. The Morgan fingerprint density at radius 2 is 1.83 bits per heavy atom. The molecule has 5 heteroatoms. The lowest BCUT2D eigenvalue weighted by Crippen LogP contribution is -2.43. The van der Waals surface area contributed by atoms with E-state index in [4.69, 9.17) is 9.16 Å². The van der Waals surface area contributed by atoms with Crippen LogP contribution in [0.5, 0.6) is 0 Å². The molecule has 0 heterocycles. The molecule has 0 aromatic carbocycles. The summed E-state index contributed by atoms with van der Waals surface area (Å²) in [5, 5.41) is 0.105. The molecule has 0 aliphatic heterocycles. The second-order valence-electron chi connectivity index (χ2n) is 6.71. The van der Waals surface area contributed by atoms with Crippen molar-refractivity contribution < 1.29 is 18.8 Å². The smallest absolute Gasteiger partial charge is 0.330 e. The molecule has 23 heavy (non-hydrogen) atoms. The first-order valence-corrected chi connectivity index (χ1v) is 10.8. The van der Waals surface area contributed by atoms with Gasteiger partial charge in [-0.3, -0.25) is 4.79 Å². The van der Waals surface area contributed by atoms with Crippen molar-refractivity contribution in [1.29, 1.82) is 0 Å². The van der Waals surface area contributed by atoms with Gasteiger partial charge in [0, 0.05) is 6.08 Å². The molecule has 0 unspecified atom stereocenters. The number of carbonyl (C=O) groups excluding carboxylic acids is 2. The first kappa shape index (κ1) is 21.5. The van der Waals surface area contributed by atoms with Crippen molar-refractivity contribution in [2.45, 2.75) is 58.4 Å². The number of hydrogen-bond acceptors (Lipinski definition) is 4. The fraction of sp³-hybridized carbons (Fsp3) is 0.556. The van der Waals surface area contributed by atoms with Crippen LogP contribution in [0.2, 0.25) is 18.1 Å². The molecule has 0 aliphatic carbocycles. The molecule has 0 aromatic rings. The number of esters is 1. The zero-order valence-electron chi connectivity index (χ0n) is 15.2. The highest BCUT2D eigenvalue weighted by atomic mass is 28.4. The number of aldehydes is 1. The van der Waals surface area contributed by atoms with Crippen LogP contribution < -0.4 is 0 Å². The van der Waals surface area contributed by atoms with Crippen LogP contribution >= 0.6 is 0 Å². The highest BCUT2D eigenvalue weighted by Gasteiger charge is 2.38. The summed E-state index contributed by atoms with van der Waals surface area (Å²) in [6.45, 7) is 13.0. The van der Waals surface area contributed by atoms with E-state index in [0.717, 1.165) is 6.29 Å². The molecule has 0 bridgehead atoms. The third kappa shape index (κ3) is 9.31. The van der Waals surface area contributed by atoms with Gasteiger partial charge in [-0.2, -0.15) is 0 Å². The Labute approximate surface area is 141 Å². The predicted octanol–water partition coefficient (Wildman–Crippen LogP) is 4.20. The van der Waals surface area contributed by atoms with E-state index in [2.05, 4.69) is 33.9 Å². The van der Waals surface area contributed by atoms with Crippen molar-refractivity contribution in [3.05, 3.63) is 36.5 Å². The maximum atomic E-state index is 11.2. The van der Waals surface area contributed by atoms with Gasteiger partial charge in [-0.15, -0.1) is 0 Å². The first-order chi connectivity index (χ1) is 10.6. The quantitative estimate of drug-likeness (QED) is 0.208. The number of ether oxygens (including phenoxy) is 1. The Balaban J connectivity index is 4.73. The molecule has 0 fully saturated rings. The van der Waals surface area contributed by atoms with Crippen LogP contribution in [0.15, 0.2) is 36.5 Å². The zero-order valence-corrected chi connectivity index (χ0v) is 16.2. The van der Waals surface area contributed by atoms with Gasteiger partial charge in [0.2, 0.25) is 0 Å². The summed E-state index contributed by atoms with van der Waals surface area (Å²) in [4.78, 5) is 21.7. The fourth-order valence-electron chi connectivity index (χ4n) is 1.51. The average Bonchev–Trinajstić information content (AvgIpc) is 2.42. The van der Waals surface area contributed by atoms with Crippen molar-refractivity contribution in [2.24, 2.45) is 0 Å². The normalized spacial score (nSPS) is 14.7. The highest BCUT2D eigenvalue weighted by molar-refractivity contribution is 6.74. The minimum absolute atomic E-state index is 0.105. The van der Waals surface area contributed by atoms with E-state index in [1.165, 1.54) is 12.2 Å². The average molecular weight is 339 g/mol. The van der Waals surface area contributed by atoms with E-state index in [1.54, 1.807) is 25.2 Å². The fourth-order valence-corrected chi connectivity index (χ4v) is 2.79. The molecule has 0 rings (SSSR count). The van der Waals surface area contributed by atoms with E-state index < -0.39 is 8.32 Å². The molecular formula is C18H30O4Si. The maximum absolute atomic E-state index is 11.2. The minimum Gasteiger partial charge on any atom is -0.463 e. The van der Waals surface area contributed by atoms with Gasteiger partial charge in [-0.25, -0.2) is 4.79 Å². The van der Waals surface area contributed by atoms with Gasteiger partial charge in [0.05, 0.1) is 12.7 Å². The standard InChI is InChI=1S/C18H30O4Si/c1-7-21-17(20)14-10-8-9-12-16(13-11-15-19)22-23(5,6)18(2,3)4/h8-11,13-16H,7,12H2,1-6H3/b9-8+,13-11+,14-10-/t16-/m0/s1. The van der Waals surface area contributed by atoms with Crippen LogP contribution in [0, 0.1) is 0 Å². The monoisotopic (exact) mass is 338 g/mol. The summed E-state index contributed by atoms with van der Waals surface area (Å²) in [6.07, 6.45) is 11.2. The Morgan fingerprint density at radius 3 is 2.35 bits per heavy atom. The third-order valence-corrected chi connectivity index (χ3v) is 8.30. The Morgan fingerprint density at radius 1 is 1.17 bits per heavy atom. The molecular weight excluding hydrogens is 308 g/mol. The molecule has 1 atom stereocenters. The topological polar surface area (TPSA) is 52.6 Å². The predicted molar refractivity (Wildman–Crippen MR) is 96.8 cm³/mol. The summed E-state index contributed by atoms with van der Waals surface area (Å²) in [5.41, 5.74) is 0. The van der Waals surface area contributed by atoms with E-state index in [9.17, 15) is 9.59 Å². The second kappa shape index (κ2) is 10.3. The van der Waals surface area contributed by atoms with Gasteiger partial charge in [-0.1, -0.05) is 45.1 Å².